The van der Waals surface area contributed by atoms with Gasteiger partial charge < -0.3 is 24.5 Å². The first-order valence-electron chi connectivity index (χ1n) is 14.3. The zero-order valence-corrected chi connectivity index (χ0v) is 23.4. The Morgan fingerprint density at radius 1 is 1.18 bits per heavy atom. The summed E-state index contributed by atoms with van der Waals surface area (Å²) >= 11 is 0. The predicted molar refractivity (Wildman–Crippen MR) is 153 cm³/mol. The van der Waals surface area contributed by atoms with E-state index in [4.69, 9.17) is 9.97 Å². The van der Waals surface area contributed by atoms with Crippen LogP contribution in [0.4, 0.5) is 21.8 Å². The lowest BCUT2D eigenvalue weighted by molar-refractivity contribution is -0.128. The van der Waals surface area contributed by atoms with Crippen molar-refractivity contribution in [2.75, 3.05) is 68.1 Å². The molecule has 0 radical (unpaired) electrons. The molecular weight excluding hydrogens is 507 g/mol. The molecule has 4 aliphatic rings. The molecule has 40 heavy (non-hydrogen) atoms. The van der Waals surface area contributed by atoms with Crippen LogP contribution in [0.1, 0.15) is 29.7 Å². The molecule has 0 bridgehead atoms. The van der Waals surface area contributed by atoms with E-state index >= 15 is 0 Å². The minimum absolute atomic E-state index is 0.134. The van der Waals surface area contributed by atoms with E-state index in [1.807, 2.05) is 6.07 Å². The van der Waals surface area contributed by atoms with Gasteiger partial charge in [-0.15, -0.1) is 0 Å². The van der Waals surface area contributed by atoms with Crippen molar-refractivity contribution in [3.63, 3.8) is 0 Å². The average Bonchev–Trinajstić information content (AvgIpc) is 3.34. The molecule has 1 aliphatic carbocycles. The van der Waals surface area contributed by atoms with Crippen LogP contribution in [0.2, 0.25) is 0 Å². The summed E-state index contributed by atoms with van der Waals surface area (Å²) in [5.41, 5.74) is 4.46. The van der Waals surface area contributed by atoms with Crippen LogP contribution in [0, 0.1) is 17.1 Å². The van der Waals surface area contributed by atoms with Gasteiger partial charge in [0, 0.05) is 69.0 Å². The highest BCUT2D eigenvalue weighted by molar-refractivity contribution is 5.87. The van der Waals surface area contributed by atoms with E-state index in [-0.39, 0.29) is 30.2 Å². The fraction of sp³-hybridized carbons (Fsp3) is 0.533. The third-order valence-electron chi connectivity index (χ3n) is 9.08. The van der Waals surface area contributed by atoms with E-state index in [0.717, 1.165) is 68.5 Å². The maximum atomic E-state index is 14.2. The van der Waals surface area contributed by atoms with Crippen molar-refractivity contribution in [1.29, 1.82) is 5.26 Å². The van der Waals surface area contributed by atoms with E-state index in [0.29, 0.717) is 25.7 Å². The topological polar surface area (TPSA) is 82.8 Å². The molecule has 2 aromatic rings. The van der Waals surface area contributed by atoms with Crippen LogP contribution in [0.5, 0.6) is 0 Å². The Labute approximate surface area is 235 Å². The summed E-state index contributed by atoms with van der Waals surface area (Å²) in [4.78, 5) is 33.6. The molecule has 0 saturated carbocycles. The lowest BCUT2D eigenvalue weighted by atomic mass is 9.90. The Balaban J connectivity index is 1.31. The standard InChI is InChI=1S/C30H37FN8O/c1-4-28(40)39-14-13-36(17-23(39)9-11-32)29-25-8-7-22(38-12-10-20-5-6-21(31)15-27(20)38)16-26(25)33-30(34-29)37-18-24(19-37)35(2)3/h4-6,15,22-24H,1,7-10,12-14,16-19H2,2-3H3/t22-,23+/m1/s1. The second-order valence-electron chi connectivity index (χ2n) is 11.6. The molecule has 0 unspecified atom stereocenters. The first-order valence-corrected chi connectivity index (χ1v) is 14.3. The SMILES string of the molecule is C=CC(=O)N1CCN(c2nc(N3CC(N(C)C)C3)nc3c2CC[C@@H](N2CCc4ccc(F)cc42)C3)C[C@@H]1CC#N. The summed E-state index contributed by atoms with van der Waals surface area (Å²) in [6, 6.07) is 7.92. The zero-order chi connectivity index (χ0) is 28.0. The number of hydrogen-bond donors (Lipinski definition) is 0. The normalized spacial score (nSPS) is 22.6. The Morgan fingerprint density at radius 2 is 2.00 bits per heavy atom. The number of hydrogen-bond acceptors (Lipinski definition) is 8. The van der Waals surface area contributed by atoms with Crippen molar-refractivity contribution in [2.45, 2.75) is 50.2 Å². The Morgan fingerprint density at radius 3 is 2.75 bits per heavy atom. The molecule has 2 saturated heterocycles. The second kappa shape index (κ2) is 10.7. The number of halogens is 1. The highest BCUT2D eigenvalue weighted by Gasteiger charge is 2.37. The van der Waals surface area contributed by atoms with Crippen molar-refractivity contribution < 1.29 is 9.18 Å². The molecule has 1 aromatic heterocycles. The molecule has 6 rings (SSSR count). The number of carbonyl (C=O) groups excluding carboxylic acids is 1. The number of aromatic nitrogens is 2. The first kappa shape index (κ1) is 26.5. The summed E-state index contributed by atoms with van der Waals surface area (Å²) in [5.74, 6) is 1.36. The van der Waals surface area contributed by atoms with Gasteiger partial charge in [-0.1, -0.05) is 12.6 Å². The predicted octanol–water partition coefficient (Wildman–Crippen LogP) is 2.40. The highest BCUT2D eigenvalue weighted by atomic mass is 19.1. The molecule has 1 amide bonds. The second-order valence-corrected chi connectivity index (χ2v) is 11.6. The lowest BCUT2D eigenvalue weighted by Crippen LogP contribution is -2.58. The number of carbonyl (C=O) groups is 1. The molecule has 2 atom stereocenters. The fourth-order valence-corrected chi connectivity index (χ4v) is 6.67. The number of fused-ring (bicyclic) bond motifs is 2. The van der Waals surface area contributed by atoms with Crippen LogP contribution in [-0.2, 0) is 24.1 Å². The summed E-state index contributed by atoms with van der Waals surface area (Å²) < 4.78 is 14.2. The van der Waals surface area contributed by atoms with Gasteiger partial charge in [0.15, 0.2) is 0 Å². The van der Waals surface area contributed by atoms with Crippen molar-refractivity contribution >= 4 is 23.4 Å². The van der Waals surface area contributed by atoms with Gasteiger partial charge in [0.25, 0.3) is 0 Å². The van der Waals surface area contributed by atoms with Crippen LogP contribution in [0.25, 0.3) is 0 Å². The number of nitriles is 1. The average molecular weight is 545 g/mol. The largest absolute Gasteiger partial charge is 0.368 e. The Hall–Kier alpha value is -3.71. The molecule has 10 heteroatoms. The van der Waals surface area contributed by atoms with Crippen LogP contribution in [-0.4, -0.2) is 97.2 Å². The number of likely N-dealkylation sites (N-methyl/N-ethyl adjacent to an activating group) is 1. The summed E-state index contributed by atoms with van der Waals surface area (Å²) in [5, 5.41) is 9.49. The number of rotatable bonds is 6. The minimum Gasteiger partial charge on any atom is -0.368 e. The maximum absolute atomic E-state index is 14.2. The van der Waals surface area contributed by atoms with Gasteiger partial charge in [-0.3, -0.25) is 4.79 Å². The highest BCUT2D eigenvalue weighted by Crippen LogP contribution is 2.38. The van der Waals surface area contributed by atoms with Crippen molar-refractivity contribution in [1.82, 2.24) is 19.8 Å². The number of benzene rings is 1. The smallest absolute Gasteiger partial charge is 0.246 e. The van der Waals surface area contributed by atoms with Crippen molar-refractivity contribution in [3.8, 4) is 6.07 Å². The van der Waals surface area contributed by atoms with Gasteiger partial charge in [0.2, 0.25) is 11.9 Å². The van der Waals surface area contributed by atoms with Crippen LogP contribution < -0.4 is 14.7 Å². The monoisotopic (exact) mass is 544 g/mol. The van der Waals surface area contributed by atoms with Gasteiger partial charge in [-0.25, -0.2) is 9.37 Å². The summed E-state index contributed by atoms with van der Waals surface area (Å²) in [7, 11) is 4.20. The lowest BCUT2D eigenvalue weighted by Gasteiger charge is -2.45. The molecule has 2 fully saturated rings. The minimum atomic E-state index is -0.215. The van der Waals surface area contributed by atoms with Gasteiger partial charge in [0.05, 0.1) is 24.2 Å². The molecule has 0 N–H and O–H groups in total. The zero-order valence-electron chi connectivity index (χ0n) is 23.4. The summed E-state index contributed by atoms with van der Waals surface area (Å²) in [6.45, 7) is 8.03. The molecular formula is C30H37FN8O. The van der Waals surface area contributed by atoms with E-state index < -0.39 is 0 Å². The first-order chi connectivity index (χ1) is 19.4. The molecule has 3 aliphatic heterocycles. The van der Waals surface area contributed by atoms with E-state index in [2.05, 4.69) is 46.3 Å². The Bertz CT molecular complexity index is 1350. The van der Waals surface area contributed by atoms with Gasteiger partial charge in [-0.05, 0) is 57.1 Å². The van der Waals surface area contributed by atoms with Crippen LogP contribution in [0.3, 0.4) is 0 Å². The number of amides is 1. The molecule has 4 heterocycles. The maximum Gasteiger partial charge on any atom is 0.246 e. The van der Waals surface area contributed by atoms with E-state index in [9.17, 15) is 14.4 Å². The Kier molecular flexibility index (Phi) is 7.09. The third-order valence-corrected chi connectivity index (χ3v) is 9.08. The van der Waals surface area contributed by atoms with Gasteiger partial charge >= 0.3 is 0 Å². The summed E-state index contributed by atoms with van der Waals surface area (Å²) in [6.07, 6.45) is 5.10. The third kappa shape index (κ3) is 4.77. The van der Waals surface area contributed by atoms with Gasteiger partial charge in [-0.2, -0.15) is 10.2 Å². The number of anilines is 3. The molecule has 9 nitrogen and oxygen atoms in total. The van der Waals surface area contributed by atoms with E-state index in [1.165, 1.54) is 17.2 Å². The van der Waals surface area contributed by atoms with E-state index in [1.54, 1.807) is 17.0 Å². The fourth-order valence-electron chi connectivity index (χ4n) is 6.67. The van der Waals surface area contributed by atoms with Crippen molar-refractivity contribution in [2.24, 2.45) is 0 Å². The number of nitrogens with zero attached hydrogens (tertiary/aromatic N) is 8. The van der Waals surface area contributed by atoms with Crippen molar-refractivity contribution in [3.05, 3.63) is 53.5 Å². The molecule has 0 spiro atoms. The van der Waals surface area contributed by atoms with Gasteiger partial charge in [0.1, 0.15) is 11.6 Å². The molecule has 210 valence electrons. The van der Waals surface area contributed by atoms with Crippen LogP contribution in [0.15, 0.2) is 30.9 Å². The quantitative estimate of drug-likeness (QED) is 0.513. The van der Waals surface area contributed by atoms with Crippen LogP contribution >= 0.6 is 0 Å². The number of piperazine rings is 1. The molecule has 1 aromatic carbocycles.